The SMILES string of the molecule is C#CCCn1nc2c(cc1=O)CNCC2. The molecule has 1 N–H and O–H groups in total. The lowest BCUT2D eigenvalue weighted by Crippen LogP contribution is -2.31. The van der Waals surface area contributed by atoms with Gasteiger partial charge in [-0.25, -0.2) is 4.68 Å². The fourth-order valence-corrected chi connectivity index (χ4v) is 1.69. The Bertz CT molecular complexity index is 456. The van der Waals surface area contributed by atoms with Gasteiger partial charge in [0.05, 0.1) is 12.2 Å². The van der Waals surface area contributed by atoms with Gasteiger partial charge in [-0.15, -0.1) is 12.3 Å². The van der Waals surface area contributed by atoms with Crippen molar-refractivity contribution in [3.63, 3.8) is 0 Å². The van der Waals surface area contributed by atoms with Crippen molar-refractivity contribution in [3.8, 4) is 12.3 Å². The van der Waals surface area contributed by atoms with Gasteiger partial charge in [0, 0.05) is 32.0 Å². The van der Waals surface area contributed by atoms with Crippen molar-refractivity contribution < 1.29 is 0 Å². The molecule has 1 aliphatic rings. The minimum Gasteiger partial charge on any atom is -0.312 e. The Labute approximate surface area is 88.3 Å². The van der Waals surface area contributed by atoms with E-state index in [0.29, 0.717) is 13.0 Å². The first-order valence-electron chi connectivity index (χ1n) is 5.05. The lowest BCUT2D eigenvalue weighted by molar-refractivity contribution is 0.540. The van der Waals surface area contributed by atoms with Crippen molar-refractivity contribution in [2.24, 2.45) is 0 Å². The van der Waals surface area contributed by atoms with Gasteiger partial charge in [-0.2, -0.15) is 5.10 Å². The summed E-state index contributed by atoms with van der Waals surface area (Å²) in [5, 5.41) is 7.53. The molecule has 0 radical (unpaired) electrons. The molecule has 0 bridgehead atoms. The van der Waals surface area contributed by atoms with E-state index in [0.717, 1.165) is 30.8 Å². The normalized spacial score (nSPS) is 14.3. The maximum Gasteiger partial charge on any atom is 0.267 e. The third-order valence-corrected chi connectivity index (χ3v) is 2.49. The zero-order chi connectivity index (χ0) is 10.7. The highest BCUT2D eigenvalue weighted by Crippen LogP contribution is 2.07. The van der Waals surface area contributed by atoms with Crippen LogP contribution in [-0.2, 0) is 19.5 Å². The molecule has 4 heteroatoms. The molecule has 78 valence electrons. The number of terminal acetylenes is 1. The Morgan fingerprint density at radius 1 is 1.67 bits per heavy atom. The summed E-state index contributed by atoms with van der Waals surface area (Å²) in [5.74, 6) is 2.51. The summed E-state index contributed by atoms with van der Waals surface area (Å²) in [6.07, 6.45) is 6.59. The van der Waals surface area contributed by atoms with Crippen molar-refractivity contribution >= 4 is 0 Å². The molecule has 0 fully saturated rings. The minimum absolute atomic E-state index is 0.0623. The van der Waals surface area contributed by atoms with Crippen LogP contribution >= 0.6 is 0 Å². The van der Waals surface area contributed by atoms with Gasteiger partial charge in [0.2, 0.25) is 0 Å². The van der Waals surface area contributed by atoms with Crippen LogP contribution < -0.4 is 10.9 Å². The average Bonchev–Trinajstić information content (AvgIpc) is 2.26. The van der Waals surface area contributed by atoms with Gasteiger partial charge < -0.3 is 5.32 Å². The van der Waals surface area contributed by atoms with E-state index in [1.54, 1.807) is 6.07 Å². The highest BCUT2D eigenvalue weighted by atomic mass is 16.1. The third-order valence-electron chi connectivity index (χ3n) is 2.49. The molecule has 1 aliphatic heterocycles. The van der Waals surface area contributed by atoms with Crippen molar-refractivity contribution in [2.75, 3.05) is 6.54 Å². The molecule has 2 rings (SSSR count). The maximum absolute atomic E-state index is 11.6. The Kier molecular flexibility index (Phi) is 2.84. The number of nitrogens with one attached hydrogen (secondary N) is 1. The molecule has 0 atom stereocenters. The van der Waals surface area contributed by atoms with Crippen LogP contribution in [0, 0.1) is 12.3 Å². The fraction of sp³-hybridized carbons (Fsp3) is 0.455. The predicted octanol–water partition coefficient (Wildman–Crippen LogP) is -0.0877. The summed E-state index contributed by atoms with van der Waals surface area (Å²) in [6, 6.07) is 1.66. The Hall–Kier alpha value is -1.60. The monoisotopic (exact) mass is 203 g/mol. The second-order valence-electron chi connectivity index (χ2n) is 3.56. The Morgan fingerprint density at radius 2 is 2.53 bits per heavy atom. The average molecular weight is 203 g/mol. The molecular weight excluding hydrogens is 190 g/mol. The molecule has 0 amide bonds. The first kappa shape index (κ1) is 9.94. The van der Waals surface area contributed by atoms with Crippen LogP contribution in [0.5, 0.6) is 0 Å². The first-order chi connectivity index (χ1) is 7.31. The molecule has 1 aromatic rings. The zero-order valence-corrected chi connectivity index (χ0v) is 8.49. The third kappa shape index (κ3) is 2.08. The number of hydrogen-bond acceptors (Lipinski definition) is 3. The van der Waals surface area contributed by atoms with E-state index in [-0.39, 0.29) is 5.56 Å². The molecule has 0 spiro atoms. The van der Waals surface area contributed by atoms with E-state index in [1.165, 1.54) is 4.68 Å². The molecule has 4 nitrogen and oxygen atoms in total. The van der Waals surface area contributed by atoms with Gasteiger partial charge in [0.25, 0.3) is 5.56 Å². The molecule has 1 aromatic heterocycles. The van der Waals surface area contributed by atoms with E-state index in [1.807, 2.05) is 0 Å². The molecule has 2 heterocycles. The van der Waals surface area contributed by atoms with Crippen LogP contribution in [0.4, 0.5) is 0 Å². The van der Waals surface area contributed by atoms with Crippen molar-refractivity contribution in [1.82, 2.24) is 15.1 Å². The van der Waals surface area contributed by atoms with Crippen LogP contribution in [0.3, 0.4) is 0 Å². The van der Waals surface area contributed by atoms with E-state index < -0.39 is 0 Å². The van der Waals surface area contributed by atoms with Crippen LogP contribution in [-0.4, -0.2) is 16.3 Å². The number of aryl methyl sites for hydroxylation is 1. The molecule has 0 aromatic carbocycles. The maximum atomic E-state index is 11.6. The summed E-state index contributed by atoms with van der Waals surface area (Å²) in [7, 11) is 0. The highest BCUT2D eigenvalue weighted by Gasteiger charge is 2.12. The number of aromatic nitrogens is 2. The van der Waals surface area contributed by atoms with E-state index in [9.17, 15) is 4.79 Å². The van der Waals surface area contributed by atoms with Gasteiger partial charge in [-0.05, 0) is 5.56 Å². The fourth-order valence-electron chi connectivity index (χ4n) is 1.69. The van der Waals surface area contributed by atoms with E-state index in [4.69, 9.17) is 6.42 Å². The van der Waals surface area contributed by atoms with Crippen LogP contribution in [0.2, 0.25) is 0 Å². The predicted molar refractivity (Wildman–Crippen MR) is 57.4 cm³/mol. The van der Waals surface area contributed by atoms with Crippen LogP contribution in [0.25, 0.3) is 0 Å². The lowest BCUT2D eigenvalue weighted by atomic mass is 10.1. The van der Waals surface area contributed by atoms with Crippen molar-refractivity contribution in [2.45, 2.75) is 25.9 Å². The lowest BCUT2D eigenvalue weighted by Gasteiger charge is -2.16. The molecule has 0 saturated carbocycles. The van der Waals surface area contributed by atoms with E-state index in [2.05, 4.69) is 16.3 Å². The Morgan fingerprint density at radius 3 is 3.33 bits per heavy atom. The number of fused-ring (bicyclic) bond motifs is 1. The standard InChI is InChI=1S/C11H13N3O/c1-2-3-6-14-11(15)7-9-8-12-5-4-10(9)13-14/h1,7,12H,3-6,8H2. The largest absolute Gasteiger partial charge is 0.312 e. The summed E-state index contributed by atoms with van der Waals surface area (Å²) < 4.78 is 1.46. The molecule has 0 saturated heterocycles. The smallest absolute Gasteiger partial charge is 0.267 e. The van der Waals surface area contributed by atoms with Gasteiger partial charge in [0.1, 0.15) is 0 Å². The molecule has 0 unspecified atom stereocenters. The van der Waals surface area contributed by atoms with Gasteiger partial charge >= 0.3 is 0 Å². The Balaban J connectivity index is 2.33. The molecule has 15 heavy (non-hydrogen) atoms. The van der Waals surface area contributed by atoms with E-state index >= 15 is 0 Å². The van der Waals surface area contributed by atoms with Gasteiger partial charge in [-0.3, -0.25) is 4.79 Å². The summed E-state index contributed by atoms with van der Waals surface area (Å²) in [6.45, 7) is 2.18. The summed E-state index contributed by atoms with van der Waals surface area (Å²) >= 11 is 0. The van der Waals surface area contributed by atoms with Gasteiger partial charge in [0.15, 0.2) is 0 Å². The highest BCUT2D eigenvalue weighted by molar-refractivity contribution is 5.20. The van der Waals surface area contributed by atoms with Crippen molar-refractivity contribution in [1.29, 1.82) is 0 Å². The summed E-state index contributed by atoms with van der Waals surface area (Å²) in [5.41, 5.74) is 1.97. The number of hydrogen-bond donors (Lipinski definition) is 1. The second-order valence-corrected chi connectivity index (χ2v) is 3.56. The van der Waals surface area contributed by atoms with Crippen LogP contribution in [0.15, 0.2) is 10.9 Å². The quantitative estimate of drug-likeness (QED) is 0.683. The molecular formula is C11H13N3O. The minimum atomic E-state index is -0.0623. The topological polar surface area (TPSA) is 46.9 Å². The van der Waals surface area contributed by atoms with Crippen LogP contribution in [0.1, 0.15) is 17.7 Å². The number of rotatable bonds is 2. The van der Waals surface area contributed by atoms with Crippen molar-refractivity contribution in [3.05, 3.63) is 27.7 Å². The van der Waals surface area contributed by atoms with Gasteiger partial charge in [-0.1, -0.05) is 0 Å². The summed E-state index contributed by atoms with van der Waals surface area (Å²) in [4.78, 5) is 11.6. The first-order valence-corrected chi connectivity index (χ1v) is 5.05. The molecule has 0 aliphatic carbocycles. The number of nitrogens with zero attached hydrogens (tertiary/aromatic N) is 2. The zero-order valence-electron chi connectivity index (χ0n) is 8.49. The second kappa shape index (κ2) is 4.28.